The second-order valence-electron chi connectivity index (χ2n) is 0.591. The molecule has 0 spiro atoms. The molecule has 0 saturated carbocycles. The first-order chi connectivity index (χ1) is 3.15. The molecule has 0 heterocycles. The molecule has 0 fully saturated rings. The molecule has 7 heteroatoms. The maximum Gasteiger partial charge on any atom is 0.336 e. The summed E-state index contributed by atoms with van der Waals surface area (Å²) in [6.07, 6.45) is 0. The van der Waals surface area contributed by atoms with Gasteiger partial charge in [-0.15, -0.1) is 0 Å². The molecule has 0 aromatic rings. The van der Waals surface area contributed by atoms with Crippen molar-refractivity contribution in [1.82, 2.24) is 0 Å². The van der Waals surface area contributed by atoms with Crippen molar-refractivity contribution in [2.24, 2.45) is 11.5 Å². The van der Waals surface area contributed by atoms with E-state index in [4.69, 9.17) is 5.41 Å². The van der Waals surface area contributed by atoms with Crippen LogP contribution in [-0.4, -0.2) is 11.1 Å². The van der Waals surface area contributed by atoms with Gasteiger partial charge in [-0.3, -0.25) is 16.9 Å². The molecule has 0 aliphatic heterocycles. The number of halogens is 1. The number of thiocarbonyl (C=S) groups is 1. The number of nitrogens with zero attached hydrogens (tertiary/aromatic N) is 1. The Labute approximate surface area is 98.6 Å². The Morgan fingerprint density at radius 1 is 1.56 bits per heavy atom. The van der Waals surface area contributed by atoms with Crippen molar-refractivity contribution in [2.45, 2.75) is 0 Å². The molecule has 0 aromatic carbocycles. The Hall–Kier alpha value is 0.737. The molecule has 0 aliphatic rings. The van der Waals surface area contributed by atoms with Gasteiger partial charge >= 0.3 is 5.96 Å². The molecule has 0 saturated heterocycles. The van der Waals surface area contributed by atoms with Gasteiger partial charge in [0.15, 0.2) is 0 Å². The maximum absolute atomic E-state index is 7.13. The standard InChI is InChI=1S/CH5N3.CNS.Ce.ClH/c2-1(3)4;2-1-3;;/h(H5,2,3,4);;;1H/q;-1;;. The van der Waals surface area contributed by atoms with Crippen LogP contribution in [0.3, 0.4) is 0 Å². The van der Waals surface area contributed by atoms with E-state index in [1.165, 1.54) is 5.16 Å². The number of isothiocyanates is 1. The Morgan fingerprint density at radius 3 is 1.56 bits per heavy atom. The molecule has 0 amide bonds. The minimum absolute atomic E-state index is 0. The van der Waals surface area contributed by atoms with Crippen LogP contribution in [0.2, 0.25) is 0 Å². The number of hydrogen-bond donors (Lipinski definition) is 3. The minimum atomic E-state index is -0.0833. The normalized spacial score (nSPS) is 3.56. The van der Waals surface area contributed by atoms with Crippen LogP contribution in [0, 0.1) is 41.7 Å². The average molecular weight is 294 g/mol. The predicted molar refractivity (Wildman–Crippen MR) is 31.3 cm³/mol. The fourth-order valence-electron chi connectivity index (χ4n) is 0. The summed E-state index contributed by atoms with van der Waals surface area (Å²) in [6, 6.07) is 0. The zero-order chi connectivity index (χ0) is 6.28. The number of hydrogen-bond acceptors (Lipinski definition) is 1. The second kappa shape index (κ2) is 23.3. The van der Waals surface area contributed by atoms with Crippen LogP contribution in [0.5, 0.6) is 0 Å². The summed E-state index contributed by atoms with van der Waals surface area (Å²) in [6.45, 7) is 0. The molecule has 0 unspecified atom stereocenters. The van der Waals surface area contributed by atoms with Crippen molar-refractivity contribution in [2.75, 3.05) is 0 Å². The van der Waals surface area contributed by atoms with E-state index in [0.717, 1.165) is 0 Å². The van der Waals surface area contributed by atoms with Gasteiger partial charge < -0.3 is 17.8 Å². The third-order valence-corrected chi connectivity index (χ3v) is 0. The Balaban J connectivity index is -0.0000000233. The first-order valence-electron chi connectivity index (χ1n) is 1.29. The van der Waals surface area contributed by atoms with Crippen LogP contribution in [0.15, 0.2) is 0 Å². The van der Waals surface area contributed by atoms with E-state index in [2.05, 4.69) is 29.1 Å². The van der Waals surface area contributed by atoms with Crippen LogP contribution in [0.1, 0.15) is 0 Å². The van der Waals surface area contributed by atoms with Crippen molar-refractivity contribution < 1.29 is 59.6 Å². The van der Waals surface area contributed by atoms with Gasteiger partial charge in [0.25, 0.3) is 0 Å². The topological polar surface area (TPSA) is 99.9 Å². The van der Waals surface area contributed by atoms with Gasteiger partial charge in [-0.2, -0.15) is 5.16 Å². The van der Waals surface area contributed by atoms with E-state index in [-0.39, 0.29) is 60.1 Å². The molecule has 0 aliphatic carbocycles. The van der Waals surface area contributed by atoms with E-state index >= 15 is 0 Å². The number of rotatable bonds is 0. The SMILES string of the molecule is NC(N)=[NH2+].[Ce].[Cl-].[N-]=C=S. The fourth-order valence-corrected chi connectivity index (χ4v) is 0. The molecule has 0 radical (unpaired) electrons. The summed E-state index contributed by atoms with van der Waals surface area (Å²) in [5, 5.41) is 13.1. The van der Waals surface area contributed by atoms with Gasteiger partial charge in [0.2, 0.25) is 0 Å². The summed E-state index contributed by atoms with van der Waals surface area (Å²) in [5.41, 5.74) is 9.17. The van der Waals surface area contributed by atoms with Gasteiger partial charge in [0.1, 0.15) is 0 Å². The fraction of sp³-hybridized carbons (Fsp3) is 0. The minimum Gasteiger partial charge on any atom is -1.00 e. The van der Waals surface area contributed by atoms with Crippen LogP contribution in [-0.2, 0) is 0 Å². The number of nitrogens with two attached hydrogens (primary N) is 3. The van der Waals surface area contributed by atoms with Crippen LogP contribution >= 0.6 is 12.2 Å². The van der Waals surface area contributed by atoms with Gasteiger partial charge in [-0.05, 0) is 0 Å². The number of guanidine groups is 1. The monoisotopic (exact) mass is 293 g/mol. The van der Waals surface area contributed by atoms with Gasteiger partial charge in [0, 0.05) is 41.7 Å². The van der Waals surface area contributed by atoms with Crippen LogP contribution in [0.25, 0.3) is 5.41 Å². The quantitative estimate of drug-likeness (QED) is 0.236. The third-order valence-electron chi connectivity index (χ3n) is 0. The molecule has 4 nitrogen and oxygen atoms in total. The van der Waals surface area contributed by atoms with E-state index < -0.39 is 0 Å². The first-order valence-corrected chi connectivity index (χ1v) is 1.70. The van der Waals surface area contributed by atoms with E-state index in [9.17, 15) is 0 Å². The van der Waals surface area contributed by atoms with Gasteiger partial charge in [-0.1, -0.05) is 12.2 Å². The average Bonchev–Trinajstić information content (AvgIpc) is 1.33. The van der Waals surface area contributed by atoms with Crippen molar-refractivity contribution in [3.8, 4) is 0 Å². The van der Waals surface area contributed by atoms with Crippen molar-refractivity contribution >= 4 is 23.3 Å². The summed E-state index contributed by atoms with van der Waals surface area (Å²) >= 11 is 3.70. The molecule has 0 aromatic heterocycles. The van der Waals surface area contributed by atoms with Crippen LogP contribution in [0.4, 0.5) is 0 Å². The molecule has 0 atom stereocenters. The largest absolute Gasteiger partial charge is 1.00 e. The molecular formula is C2H6CeClN4S-. The van der Waals surface area contributed by atoms with Gasteiger partial charge in [0.05, 0.1) is 0 Å². The smallest absolute Gasteiger partial charge is 0.336 e. The predicted octanol–water partition coefficient (Wildman–Crippen LogP) is -5.32. The van der Waals surface area contributed by atoms with Crippen molar-refractivity contribution in [1.29, 1.82) is 0 Å². The maximum atomic E-state index is 7.13. The summed E-state index contributed by atoms with van der Waals surface area (Å²) in [4.78, 5) is 0. The first kappa shape index (κ1) is 22.6. The van der Waals surface area contributed by atoms with E-state index in [0.29, 0.717) is 0 Å². The zero-order valence-electron chi connectivity index (χ0n) is 4.47. The van der Waals surface area contributed by atoms with E-state index in [1.807, 2.05) is 0 Å². The second-order valence-corrected chi connectivity index (χ2v) is 0.774. The zero-order valence-corrected chi connectivity index (χ0v) is 9.18. The Morgan fingerprint density at radius 2 is 1.56 bits per heavy atom. The van der Waals surface area contributed by atoms with Crippen molar-refractivity contribution in [3.63, 3.8) is 0 Å². The molecule has 9 heavy (non-hydrogen) atoms. The summed E-state index contributed by atoms with van der Waals surface area (Å²) in [7, 11) is 0. The molecule has 0 rings (SSSR count). The van der Waals surface area contributed by atoms with E-state index in [1.54, 1.807) is 0 Å². The molecule has 52 valence electrons. The Bertz CT molecular complexity index is 86.6. The van der Waals surface area contributed by atoms with Crippen molar-refractivity contribution in [3.05, 3.63) is 5.41 Å². The summed E-state index contributed by atoms with van der Waals surface area (Å²) < 4.78 is 0. The third kappa shape index (κ3) is 731. The molecular weight excluding hydrogens is 288 g/mol. The van der Waals surface area contributed by atoms with Crippen LogP contribution < -0.4 is 29.3 Å². The molecule has 6 N–H and O–H groups in total. The summed E-state index contributed by atoms with van der Waals surface area (Å²) in [5.74, 6) is -0.0833. The van der Waals surface area contributed by atoms with Gasteiger partial charge in [-0.25, -0.2) is 0 Å². The Kier molecular flexibility index (Phi) is 58.5. The molecule has 0 bridgehead atoms.